The van der Waals surface area contributed by atoms with Gasteiger partial charge in [0.25, 0.3) is 0 Å². The number of halogens is 1. The summed E-state index contributed by atoms with van der Waals surface area (Å²) < 4.78 is 31.0. The van der Waals surface area contributed by atoms with Gasteiger partial charge in [0, 0.05) is 19.2 Å². The molecule has 1 amide bonds. The van der Waals surface area contributed by atoms with Crippen LogP contribution in [0.5, 0.6) is 17.2 Å². The number of ether oxygens (including phenoxy) is 3. The first-order chi connectivity index (χ1) is 15.9. The lowest BCUT2D eigenvalue weighted by molar-refractivity contribution is -0.128. The van der Waals surface area contributed by atoms with Gasteiger partial charge in [-0.3, -0.25) is 4.79 Å². The van der Waals surface area contributed by atoms with Crippen LogP contribution in [0.2, 0.25) is 0 Å². The SMILES string of the molecule is CCN(Cc1ccc(OC)c(F)c1)C(=O)CSc1nnc(COc2cccc(OC)c2)n1N. The van der Waals surface area contributed by atoms with E-state index in [0.29, 0.717) is 34.6 Å². The van der Waals surface area contributed by atoms with Crippen LogP contribution in [0.15, 0.2) is 47.6 Å². The summed E-state index contributed by atoms with van der Waals surface area (Å²) in [6, 6.07) is 11.8. The van der Waals surface area contributed by atoms with E-state index in [2.05, 4.69) is 10.2 Å². The molecule has 0 radical (unpaired) electrons. The van der Waals surface area contributed by atoms with Crippen LogP contribution in [-0.2, 0) is 17.9 Å². The van der Waals surface area contributed by atoms with Crippen molar-refractivity contribution in [2.45, 2.75) is 25.2 Å². The Morgan fingerprint density at radius 2 is 1.94 bits per heavy atom. The number of rotatable bonds is 11. The molecule has 0 unspecified atom stereocenters. The molecular formula is C22H26FN5O4S. The topological polar surface area (TPSA) is 105 Å². The molecule has 2 N–H and O–H groups in total. The van der Waals surface area contributed by atoms with Crippen molar-refractivity contribution in [3.8, 4) is 17.2 Å². The minimum absolute atomic E-state index is 0.106. The van der Waals surface area contributed by atoms with Crippen molar-refractivity contribution < 1.29 is 23.4 Å². The zero-order chi connectivity index (χ0) is 23.8. The highest BCUT2D eigenvalue weighted by atomic mass is 32.2. The van der Waals surface area contributed by atoms with E-state index in [-0.39, 0.29) is 30.6 Å². The molecule has 0 aliphatic heterocycles. The number of hydrogen-bond acceptors (Lipinski definition) is 8. The summed E-state index contributed by atoms with van der Waals surface area (Å²) in [6.07, 6.45) is 0. The van der Waals surface area contributed by atoms with Gasteiger partial charge in [0.15, 0.2) is 17.4 Å². The van der Waals surface area contributed by atoms with Crippen LogP contribution < -0.4 is 20.1 Å². The second-order valence-electron chi connectivity index (χ2n) is 6.90. The molecule has 176 valence electrons. The van der Waals surface area contributed by atoms with E-state index < -0.39 is 5.82 Å². The van der Waals surface area contributed by atoms with Crippen molar-refractivity contribution in [3.63, 3.8) is 0 Å². The van der Waals surface area contributed by atoms with Crippen LogP contribution in [0.4, 0.5) is 4.39 Å². The largest absolute Gasteiger partial charge is 0.497 e. The number of nitrogens with zero attached hydrogens (tertiary/aromatic N) is 4. The molecule has 33 heavy (non-hydrogen) atoms. The third-order valence-electron chi connectivity index (χ3n) is 4.79. The van der Waals surface area contributed by atoms with Crippen LogP contribution >= 0.6 is 11.8 Å². The van der Waals surface area contributed by atoms with Crippen molar-refractivity contribution in [3.05, 3.63) is 59.7 Å². The molecule has 2 aromatic carbocycles. The molecule has 1 aromatic heterocycles. The summed E-state index contributed by atoms with van der Waals surface area (Å²) in [5.74, 6) is 7.45. The normalized spacial score (nSPS) is 10.7. The molecule has 0 bridgehead atoms. The number of hydrogen-bond donors (Lipinski definition) is 1. The van der Waals surface area contributed by atoms with Crippen LogP contribution in [0.25, 0.3) is 0 Å². The fourth-order valence-electron chi connectivity index (χ4n) is 2.97. The first-order valence-corrected chi connectivity index (χ1v) is 11.1. The Hall–Kier alpha value is -3.47. The van der Waals surface area contributed by atoms with Gasteiger partial charge in [-0.1, -0.05) is 23.9 Å². The molecule has 0 aliphatic rings. The number of nitrogen functional groups attached to an aromatic ring is 1. The summed E-state index contributed by atoms with van der Waals surface area (Å²) >= 11 is 1.17. The average Bonchev–Trinajstić information content (AvgIpc) is 3.19. The molecule has 0 atom stereocenters. The fourth-order valence-corrected chi connectivity index (χ4v) is 3.74. The lowest BCUT2D eigenvalue weighted by Gasteiger charge is -2.21. The lowest BCUT2D eigenvalue weighted by atomic mass is 10.2. The van der Waals surface area contributed by atoms with E-state index in [1.54, 1.807) is 36.3 Å². The number of carbonyl (C=O) groups excluding carboxylic acids is 1. The number of nitrogens with two attached hydrogens (primary N) is 1. The van der Waals surface area contributed by atoms with Gasteiger partial charge in [-0.15, -0.1) is 10.2 Å². The Kier molecular flexibility index (Phi) is 8.36. The molecule has 0 aliphatic carbocycles. The van der Waals surface area contributed by atoms with Gasteiger partial charge >= 0.3 is 0 Å². The number of benzene rings is 2. The first kappa shape index (κ1) is 24.2. The quantitative estimate of drug-likeness (QED) is 0.333. The van der Waals surface area contributed by atoms with E-state index in [4.69, 9.17) is 20.1 Å². The second kappa shape index (κ2) is 11.4. The van der Waals surface area contributed by atoms with Gasteiger partial charge in [0.05, 0.1) is 20.0 Å². The van der Waals surface area contributed by atoms with Gasteiger partial charge in [-0.2, -0.15) is 0 Å². The molecule has 11 heteroatoms. The third-order valence-corrected chi connectivity index (χ3v) is 5.72. The van der Waals surface area contributed by atoms with Gasteiger partial charge in [-0.05, 0) is 36.8 Å². The Labute approximate surface area is 195 Å². The van der Waals surface area contributed by atoms with Gasteiger partial charge in [0.2, 0.25) is 11.1 Å². The van der Waals surface area contributed by atoms with E-state index >= 15 is 0 Å². The summed E-state index contributed by atoms with van der Waals surface area (Å²) in [5.41, 5.74) is 0.674. The third kappa shape index (κ3) is 6.28. The number of aromatic nitrogens is 3. The van der Waals surface area contributed by atoms with E-state index in [1.165, 1.54) is 29.6 Å². The van der Waals surface area contributed by atoms with Crippen LogP contribution in [0.3, 0.4) is 0 Å². The highest BCUT2D eigenvalue weighted by Crippen LogP contribution is 2.22. The van der Waals surface area contributed by atoms with Crippen LogP contribution in [0.1, 0.15) is 18.3 Å². The predicted octanol–water partition coefficient (Wildman–Crippen LogP) is 2.87. The standard InChI is InChI=1S/C22H26FN5O4S/c1-4-27(12-15-8-9-19(31-3)18(23)10-15)21(29)14-33-22-26-25-20(28(22)24)13-32-17-7-5-6-16(11-17)30-2/h5-11H,4,12-14,24H2,1-3H3. The van der Waals surface area contributed by atoms with Gasteiger partial charge in [-0.25, -0.2) is 9.07 Å². The monoisotopic (exact) mass is 475 g/mol. The molecule has 1 heterocycles. The zero-order valence-corrected chi connectivity index (χ0v) is 19.5. The maximum absolute atomic E-state index is 14.0. The maximum Gasteiger partial charge on any atom is 0.233 e. The molecule has 3 rings (SSSR count). The minimum Gasteiger partial charge on any atom is -0.497 e. The zero-order valence-electron chi connectivity index (χ0n) is 18.7. The predicted molar refractivity (Wildman–Crippen MR) is 122 cm³/mol. The Morgan fingerprint density at radius 3 is 2.64 bits per heavy atom. The molecule has 0 fully saturated rings. The molecule has 0 saturated carbocycles. The maximum atomic E-state index is 14.0. The van der Waals surface area contributed by atoms with Gasteiger partial charge < -0.3 is 25.0 Å². The smallest absolute Gasteiger partial charge is 0.233 e. The van der Waals surface area contributed by atoms with Gasteiger partial charge in [0.1, 0.15) is 18.1 Å². The van der Waals surface area contributed by atoms with Crippen LogP contribution in [0, 0.1) is 5.82 Å². The molecule has 0 spiro atoms. The summed E-state index contributed by atoms with van der Waals surface area (Å²) in [5, 5.41) is 8.48. The van der Waals surface area contributed by atoms with Crippen molar-refractivity contribution in [1.82, 2.24) is 19.8 Å². The molecule has 9 nitrogen and oxygen atoms in total. The van der Waals surface area contributed by atoms with E-state index in [0.717, 1.165) is 0 Å². The first-order valence-electron chi connectivity index (χ1n) is 10.1. The highest BCUT2D eigenvalue weighted by Gasteiger charge is 2.17. The van der Waals surface area contributed by atoms with Crippen molar-refractivity contribution in [2.75, 3.05) is 32.4 Å². The van der Waals surface area contributed by atoms with E-state index in [9.17, 15) is 9.18 Å². The summed E-state index contributed by atoms with van der Waals surface area (Å²) in [7, 11) is 2.99. The fraction of sp³-hybridized carbons (Fsp3) is 0.318. The number of thioether (sulfide) groups is 1. The number of methoxy groups -OCH3 is 2. The van der Waals surface area contributed by atoms with Crippen molar-refractivity contribution in [1.29, 1.82) is 0 Å². The minimum atomic E-state index is -0.465. The van der Waals surface area contributed by atoms with Crippen molar-refractivity contribution in [2.24, 2.45) is 0 Å². The second-order valence-corrected chi connectivity index (χ2v) is 7.84. The molecule has 3 aromatic rings. The lowest BCUT2D eigenvalue weighted by Crippen LogP contribution is -2.32. The summed E-state index contributed by atoms with van der Waals surface area (Å²) in [6.45, 7) is 2.73. The Balaban J connectivity index is 1.55. The Morgan fingerprint density at radius 1 is 1.15 bits per heavy atom. The Bertz CT molecular complexity index is 1090. The molecule has 0 saturated heterocycles. The molecular weight excluding hydrogens is 449 g/mol. The summed E-state index contributed by atoms with van der Waals surface area (Å²) in [4.78, 5) is 14.3. The van der Waals surface area contributed by atoms with E-state index in [1.807, 2.05) is 19.1 Å². The highest BCUT2D eigenvalue weighted by molar-refractivity contribution is 7.99. The van der Waals surface area contributed by atoms with Crippen LogP contribution in [-0.4, -0.2) is 52.2 Å². The number of carbonyl (C=O) groups is 1. The average molecular weight is 476 g/mol. The number of amides is 1. The van der Waals surface area contributed by atoms with Crippen molar-refractivity contribution >= 4 is 17.7 Å².